The first-order chi connectivity index (χ1) is 7.49. The standard InChI is InChI=1S/C13H17BrClN/c1-9(2)16-8-10(3)6-11-7-12(15)4-5-13(11)14/h4-7,9,16H,8H2,1-3H3. The van der Waals surface area contributed by atoms with Crippen LogP contribution in [0.5, 0.6) is 0 Å². The first-order valence-corrected chi connectivity index (χ1v) is 6.51. The molecule has 1 nitrogen and oxygen atoms in total. The van der Waals surface area contributed by atoms with Gasteiger partial charge in [0.2, 0.25) is 0 Å². The van der Waals surface area contributed by atoms with Crippen molar-refractivity contribution in [3.63, 3.8) is 0 Å². The van der Waals surface area contributed by atoms with E-state index >= 15 is 0 Å². The van der Waals surface area contributed by atoms with E-state index in [2.05, 4.69) is 48.1 Å². The van der Waals surface area contributed by atoms with Gasteiger partial charge in [0.05, 0.1) is 0 Å². The van der Waals surface area contributed by atoms with Crippen LogP contribution in [0, 0.1) is 0 Å². The topological polar surface area (TPSA) is 12.0 Å². The molecule has 0 aliphatic carbocycles. The van der Waals surface area contributed by atoms with Crippen LogP contribution in [0.3, 0.4) is 0 Å². The number of halogens is 2. The van der Waals surface area contributed by atoms with Gasteiger partial charge in [-0.05, 0) is 30.7 Å². The highest BCUT2D eigenvalue weighted by Gasteiger charge is 1.99. The summed E-state index contributed by atoms with van der Waals surface area (Å²) in [5.41, 5.74) is 2.41. The van der Waals surface area contributed by atoms with Crippen molar-refractivity contribution in [2.75, 3.05) is 6.54 Å². The van der Waals surface area contributed by atoms with E-state index in [0.717, 1.165) is 21.6 Å². The average Bonchev–Trinajstić information content (AvgIpc) is 2.20. The lowest BCUT2D eigenvalue weighted by Crippen LogP contribution is -2.24. The highest BCUT2D eigenvalue weighted by Crippen LogP contribution is 2.23. The highest BCUT2D eigenvalue weighted by atomic mass is 79.9. The van der Waals surface area contributed by atoms with Gasteiger partial charge in [0.1, 0.15) is 0 Å². The summed E-state index contributed by atoms with van der Waals surface area (Å²) in [6.45, 7) is 7.30. The number of hydrogen-bond donors (Lipinski definition) is 1. The summed E-state index contributed by atoms with van der Waals surface area (Å²) in [4.78, 5) is 0. The van der Waals surface area contributed by atoms with Gasteiger partial charge in [0.25, 0.3) is 0 Å². The summed E-state index contributed by atoms with van der Waals surface area (Å²) < 4.78 is 1.07. The van der Waals surface area contributed by atoms with Gasteiger partial charge in [-0.3, -0.25) is 0 Å². The van der Waals surface area contributed by atoms with E-state index < -0.39 is 0 Å². The molecule has 0 atom stereocenters. The maximum atomic E-state index is 5.96. The Kier molecular flexibility index (Phi) is 5.53. The minimum atomic E-state index is 0.506. The lowest BCUT2D eigenvalue weighted by molar-refractivity contribution is 0.623. The zero-order chi connectivity index (χ0) is 12.1. The molecule has 0 aliphatic rings. The molecule has 0 amide bonds. The van der Waals surface area contributed by atoms with Crippen LogP contribution in [-0.2, 0) is 0 Å². The van der Waals surface area contributed by atoms with Crippen molar-refractivity contribution < 1.29 is 0 Å². The predicted molar refractivity (Wildman–Crippen MR) is 75.9 cm³/mol. The molecule has 16 heavy (non-hydrogen) atoms. The molecule has 0 spiro atoms. The smallest absolute Gasteiger partial charge is 0.0412 e. The first kappa shape index (κ1) is 13.8. The van der Waals surface area contributed by atoms with Crippen LogP contribution in [0.25, 0.3) is 6.08 Å². The first-order valence-electron chi connectivity index (χ1n) is 5.34. The van der Waals surface area contributed by atoms with Gasteiger partial charge in [-0.1, -0.05) is 53.0 Å². The molecule has 0 fully saturated rings. The number of hydrogen-bond acceptors (Lipinski definition) is 1. The van der Waals surface area contributed by atoms with E-state index in [0.29, 0.717) is 6.04 Å². The SMILES string of the molecule is CC(=Cc1cc(Cl)ccc1Br)CNC(C)C. The fraction of sp³-hybridized carbons (Fsp3) is 0.385. The largest absolute Gasteiger partial charge is 0.311 e. The third kappa shape index (κ3) is 4.69. The molecule has 88 valence electrons. The van der Waals surface area contributed by atoms with Crippen LogP contribution in [0.1, 0.15) is 26.3 Å². The van der Waals surface area contributed by atoms with Gasteiger partial charge in [-0.25, -0.2) is 0 Å². The maximum Gasteiger partial charge on any atom is 0.0412 e. The molecule has 1 aromatic rings. The summed E-state index contributed by atoms with van der Waals surface area (Å²) in [5, 5.41) is 4.15. The molecular weight excluding hydrogens is 286 g/mol. The Morgan fingerprint density at radius 1 is 1.50 bits per heavy atom. The average molecular weight is 303 g/mol. The Morgan fingerprint density at radius 3 is 2.81 bits per heavy atom. The lowest BCUT2D eigenvalue weighted by Gasteiger charge is -2.08. The Labute approximate surface area is 111 Å². The summed E-state index contributed by atoms with van der Waals surface area (Å²) in [5.74, 6) is 0. The number of rotatable bonds is 4. The fourth-order valence-electron chi connectivity index (χ4n) is 1.31. The Bertz CT molecular complexity index is 386. The van der Waals surface area contributed by atoms with Crippen LogP contribution in [-0.4, -0.2) is 12.6 Å². The van der Waals surface area contributed by atoms with Gasteiger partial charge in [-0.15, -0.1) is 0 Å². The molecule has 1 N–H and O–H groups in total. The van der Waals surface area contributed by atoms with Gasteiger partial charge < -0.3 is 5.32 Å². The van der Waals surface area contributed by atoms with Gasteiger partial charge >= 0.3 is 0 Å². The number of nitrogens with one attached hydrogen (secondary N) is 1. The van der Waals surface area contributed by atoms with E-state index in [1.165, 1.54) is 5.57 Å². The van der Waals surface area contributed by atoms with E-state index in [1.54, 1.807) is 0 Å². The molecule has 3 heteroatoms. The Morgan fingerprint density at radius 2 is 2.19 bits per heavy atom. The van der Waals surface area contributed by atoms with Crippen LogP contribution in [0.15, 0.2) is 28.2 Å². The second-order valence-corrected chi connectivity index (χ2v) is 5.48. The van der Waals surface area contributed by atoms with Crippen LogP contribution in [0.2, 0.25) is 5.02 Å². The Hall–Kier alpha value is -0.310. The van der Waals surface area contributed by atoms with Crippen molar-refractivity contribution in [3.8, 4) is 0 Å². The minimum Gasteiger partial charge on any atom is -0.311 e. The van der Waals surface area contributed by atoms with Crippen molar-refractivity contribution >= 4 is 33.6 Å². The molecular formula is C13H17BrClN. The minimum absolute atomic E-state index is 0.506. The van der Waals surface area contributed by atoms with Crippen molar-refractivity contribution in [1.29, 1.82) is 0 Å². The molecule has 1 rings (SSSR count). The summed E-state index contributed by atoms with van der Waals surface area (Å²) in [7, 11) is 0. The van der Waals surface area contributed by atoms with Gasteiger partial charge in [0.15, 0.2) is 0 Å². The van der Waals surface area contributed by atoms with Crippen molar-refractivity contribution in [2.24, 2.45) is 0 Å². The lowest BCUT2D eigenvalue weighted by atomic mass is 10.1. The summed E-state index contributed by atoms with van der Waals surface area (Å²) in [6.07, 6.45) is 2.14. The molecule has 0 radical (unpaired) electrons. The second kappa shape index (κ2) is 6.43. The van der Waals surface area contributed by atoms with E-state index in [9.17, 15) is 0 Å². The van der Waals surface area contributed by atoms with Gasteiger partial charge in [0, 0.05) is 22.1 Å². The van der Waals surface area contributed by atoms with Crippen molar-refractivity contribution in [3.05, 3.63) is 38.8 Å². The van der Waals surface area contributed by atoms with Crippen molar-refractivity contribution in [2.45, 2.75) is 26.8 Å². The molecule has 0 unspecified atom stereocenters. The maximum absolute atomic E-state index is 5.96. The monoisotopic (exact) mass is 301 g/mol. The third-order valence-electron chi connectivity index (χ3n) is 2.15. The second-order valence-electron chi connectivity index (χ2n) is 4.19. The van der Waals surface area contributed by atoms with Crippen LogP contribution < -0.4 is 5.32 Å². The molecule has 0 bridgehead atoms. The van der Waals surface area contributed by atoms with Gasteiger partial charge in [-0.2, -0.15) is 0 Å². The van der Waals surface area contributed by atoms with Crippen molar-refractivity contribution in [1.82, 2.24) is 5.32 Å². The summed E-state index contributed by atoms with van der Waals surface area (Å²) in [6, 6.07) is 6.32. The molecule has 0 saturated carbocycles. The molecule has 0 heterocycles. The Balaban J connectivity index is 2.77. The van der Waals surface area contributed by atoms with E-state index in [1.807, 2.05) is 18.2 Å². The van der Waals surface area contributed by atoms with Crippen LogP contribution >= 0.6 is 27.5 Å². The number of benzene rings is 1. The predicted octanol–water partition coefficient (Wildman–Crippen LogP) is 4.50. The normalized spacial score (nSPS) is 12.2. The molecule has 0 aromatic heterocycles. The zero-order valence-corrected chi connectivity index (χ0v) is 12.2. The molecule has 1 aromatic carbocycles. The van der Waals surface area contributed by atoms with E-state index in [-0.39, 0.29) is 0 Å². The van der Waals surface area contributed by atoms with Crippen LogP contribution in [0.4, 0.5) is 0 Å². The fourth-order valence-corrected chi connectivity index (χ4v) is 1.85. The quantitative estimate of drug-likeness (QED) is 0.863. The summed E-state index contributed by atoms with van der Waals surface area (Å²) >= 11 is 9.48. The molecule has 0 saturated heterocycles. The highest BCUT2D eigenvalue weighted by molar-refractivity contribution is 9.10. The van der Waals surface area contributed by atoms with E-state index in [4.69, 9.17) is 11.6 Å². The zero-order valence-electron chi connectivity index (χ0n) is 9.85. The molecule has 0 aliphatic heterocycles. The third-order valence-corrected chi connectivity index (χ3v) is 3.11.